The van der Waals surface area contributed by atoms with Crippen molar-refractivity contribution in [2.45, 2.75) is 58.5 Å². The fourth-order valence-corrected chi connectivity index (χ4v) is 2.12. The van der Waals surface area contributed by atoms with E-state index < -0.39 is 0 Å². The van der Waals surface area contributed by atoms with Crippen LogP contribution in [0, 0.1) is 0 Å². The highest BCUT2D eigenvalue weighted by Gasteiger charge is 2.29. The summed E-state index contributed by atoms with van der Waals surface area (Å²) in [6, 6.07) is 4.83. The molecule has 0 aromatic heterocycles. The monoisotopic (exact) mass is 252 g/mol. The maximum absolute atomic E-state index is 9.80. The lowest BCUT2D eigenvalue weighted by atomic mass is 9.90. The van der Waals surface area contributed by atoms with Crippen molar-refractivity contribution in [1.29, 1.82) is 0 Å². The van der Waals surface area contributed by atoms with Gasteiger partial charge in [0.2, 0.25) is 5.75 Å². The number of para-hydroxylation sites is 1. The molecular weight excluding hydrogens is 228 g/mol. The fraction of sp³-hybridized carbons (Fsp3) is 0.600. The van der Waals surface area contributed by atoms with Gasteiger partial charge in [-0.05, 0) is 37.8 Å². The summed E-state index contributed by atoms with van der Waals surface area (Å²) < 4.78 is 6.00. The summed E-state index contributed by atoms with van der Waals surface area (Å²) in [7, 11) is 0. The first kappa shape index (κ1) is 14.7. The van der Waals surface area contributed by atoms with Crippen molar-refractivity contribution in [2.75, 3.05) is 0 Å². The van der Waals surface area contributed by atoms with Crippen molar-refractivity contribution in [2.24, 2.45) is 0 Å². The minimum atomic E-state index is -0.249. The quantitative estimate of drug-likeness (QED) is 0.714. The summed E-state index contributed by atoms with van der Waals surface area (Å²) in [4.78, 5) is 0. The van der Waals surface area contributed by atoms with Crippen molar-refractivity contribution >= 4 is 0 Å². The summed E-state index contributed by atoms with van der Waals surface area (Å²) in [6.45, 7) is 6.35. The summed E-state index contributed by atoms with van der Waals surface area (Å²) in [5.41, 5.74) is -0.249. The van der Waals surface area contributed by atoms with E-state index in [0.717, 1.165) is 32.1 Å². The van der Waals surface area contributed by atoms with Gasteiger partial charge in [0.15, 0.2) is 11.5 Å². The molecule has 1 aromatic rings. The standard InChI is InChI=1S/C15H24O3/c1-4-7-11-15(5-2,6-3)18-13-10-8-9-12(16)14(13)17/h8-10,16-17H,4-7,11H2,1-3H3. The number of unbranched alkanes of at least 4 members (excludes halogenated alkanes) is 1. The molecule has 0 spiro atoms. The Morgan fingerprint density at radius 1 is 1.11 bits per heavy atom. The van der Waals surface area contributed by atoms with Crippen LogP contribution in [0.5, 0.6) is 17.2 Å². The molecule has 0 saturated heterocycles. The van der Waals surface area contributed by atoms with Crippen LogP contribution in [0.3, 0.4) is 0 Å². The van der Waals surface area contributed by atoms with Gasteiger partial charge in [-0.1, -0.05) is 33.3 Å². The summed E-state index contributed by atoms with van der Waals surface area (Å²) >= 11 is 0. The number of hydrogen-bond donors (Lipinski definition) is 2. The zero-order valence-corrected chi connectivity index (χ0v) is 11.6. The second-order valence-corrected chi connectivity index (χ2v) is 4.72. The molecule has 18 heavy (non-hydrogen) atoms. The topological polar surface area (TPSA) is 49.7 Å². The van der Waals surface area contributed by atoms with Gasteiger partial charge in [-0.25, -0.2) is 0 Å². The third-order valence-corrected chi connectivity index (χ3v) is 3.58. The fourth-order valence-electron chi connectivity index (χ4n) is 2.12. The molecule has 0 amide bonds. The molecule has 0 unspecified atom stereocenters. The lowest BCUT2D eigenvalue weighted by Crippen LogP contribution is -2.34. The van der Waals surface area contributed by atoms with Gasteiger partial charge >= 0.3 is 0 Å². The molecule has 0 aliphatic carbocycles. The molecule has 2 N–H and O–H groups in total. The van der Waals surface area contributed by atoms with E-state index >= 15 is 0 Å². The second kappa shape index (κ2) is 6.53. The van der Waals surface area contributed by atoms with E-state index in [1.54, 1.807) is 12.1 Å². The van der Waals surface area contributed by atoms with Gasteiger partial charge in [0, 0.05) is 0 Å². The largest absolute Gasteiger partial charge is 0.504 e. The summed E-state index contributed by atoms with van der Waals surface area (Å²) in [5, 5.41) is 19.3. The predicted molar refractivity (Wildman–Crippen MR) is 73.2 cm³/mol. The molecule has 1 aromatic carbocycles. The number of phenols is 2. The lowest BCUT2D eigenvalue weighted by Gasteiger charge is -2.33. The van der Waals surface area contributed by atoms with Gasteiger partial charge in [0.05, 0.1) is 0 Å². The molecule has 3 heteroatoms. The SMILES string of the molecule is CCCCC(CC)(CC)Oc1cccc(O)c1O. The molecule has 0 aliphatic heterocycles. The van der Waals surface area contributed by atoms with Crippen LogP contribution < -0.4 is 4.74 Å². The van der Waals surface area contributed by atoms with E-state index in [4.69, 9.17) is 4.74 Å². The molecule has 0 bridgehead atoms. The Labute approximate surface area is 109 Å². The molecule has 0 aliphatic rings. The van der Waals surface area contributed by atoms with Gasteiger partial charge in [-0.2, -0.15) is 0 Å². The molecule has 1 rings (SSSR count). The molecule has 0 saturated carbocycles. The number of benzene rings is 1. The molecular formula is C15H24O3. The van der Waals surface area contributed by atoms with Crippen molar-refractivity contribution in [1.82, 2.24) is 0 Å². The van der Waals surface area contributed by atoms with E-state index in [1.165, 1.54) is 6.07 Å². The first-order valence-corrected chi connectivity index (χ1v) is 6.78. The lowest BCUT2D eigenvalue weighted by molar-refractivity contribution is 0.0456. The van der Waals surface area contributed by atoms with Gasteiger partial charge in [-0.15, -0.1) is 0 Å². The Bertz CT molecular complexity index is 370. The zero-order chi connectivity index (χ0) is 13.6. The molecule has 0 heterocycles. The van der Waals surface area contributed by atoms with E-state index in [1.807, 2.05) is 0 Å². The minimum absolute atomic E-state index is 0.135. The van der Waals surface area contributed by atoms with E-state index in [9.17, 15) is 10.2 Å². The van der Waals surface area contributed by atoms with Crippen LogP contribution in [0.2, 0.25) is 0 Å². The number of rotatable bonds is 7. The van der Waals surface area contributed by atoms with Crippen molar-refractivity contribution in [3.8, 4) is 17.2 Å². The van der Waals surface area contributed by atoms with Crippen LogP contribution in [-0.2, 0) is 0 Å². The first-order valence-electron chi connectivity index (χ1n) is 6.78. The minimum Gasteiger partial charge on any atom is -0.504 e. The van der Waals surface area contributed by atoms with E-state index in [2.05, 4.69) is 20.8 Å². The average Bonchev–Trinajstić information content (AvgIpc) is 2.40. The maximum atomic E-state index is 9.80. The van der Waals surface area contributed by atoms with Gasteiger partial charge in [-0.3, -0.25) is 0 Å². The smallest absolute Gasteiger partial charge is 0.200 e. The molecule has 3 nitrogen and oxygen atoms in total. The van der Waals surface area contributed by atoms with Crippen LogP contribution in [0.1, 0.15) is 52.9 Å². The highest BCUT2D eigenvalue weighted by Crippen LogP contribution is 2.39. The third kappa shape index (κ3) is 3.31. The molecule has 102 valence electrons. The summed E-state index contributed by atoms with van der Waals surface area (Å²) in [6.07, 6.45) is 4.96. The van der Waals surface area contributed by atoms with Crippen molar-refractivity contribution in [3.63, 3.8) is 0 Å². The number of ether oxygens (including phenoxy) is 1. The Morgan fingerprint density at radius 3 is 2.33 bits per heavy atom. The number of phenolic OH excluding ortho intramolecular Hbond substituents is 2. The molecule has 0 radical (unpaired) electrons. The third-order valence-electron chi connectivity index (χ3n) is 3.58. The molecule has 0 fully saturated rings. The van der Waals surface area contributed by atoms with Crippen LogP contribution in [-0.4, -0.2) is 15.8 Å². The average molecular weight is 252 g/mol. The Morgan fingerprint density at radius 2 is 1.78 bits per heavy atom. The van der Waals surface area contributed by atoms with Crippen LogP contribution in [0.25, 0.3) is 0 Å². The predicted octanol–water partition coefficient (Wildman–Crippen LogP) is 4.23. The maximum Gasteiger partial charge on any atom is 0.200 e. The highest BCUT2D eigenvalue weighted by molar-refractivity contribution is 5.49. The zero-order valence-electron chi connectivity index (χ0n) is 11.6. The van der Waals surface area contributed by atoms with Crippen molar-refractivity contribution in [3.05, 3.63) is 18.2 Å². The van der Waals surface area contributed by atoms with Crippen LogP contribution in [0.15, 0.2) is 18.2 Å². The van der Waals surface area contributed by atoms with E-state index in [-0.39, 0.29) is 17.1 Å². The van der Waals surface area contributed by atoms with Crippen LogP contribution in [0.4, 0.5) is 0 Å². The highest BCUT2D eigenvalue weighted by atomic mass is 16.5. The summed E-state index contributed by atoms with van der Waals surface area (Å²) in [5.74, 6) is 0.0687. The van der Waals surface area contributed by atoms with Gasteiger partial charge in [0.25, 0.3) is 0 Å². The Balaban J connectivity index is 2.92. The number of hydrogen-bond acceptors (Lipinski definition) is 3. The first-order chi connectivity index (χ1) is 8.58. The second-order valence-electron chi connectivity index (χ2n) is 4.72. The Kier molecular flexibility index (Phi) is 5.32. The molecule has 0 atom stereocenters. The number of aromatic hydroxyl groups is 2. The Hall–Kier alpha value is -1.38. The van der Waals surface area contributed by atoms with Crippen molar-refractivity contribution < 1.29 is 14.9 Å². The normalized spacial score (nSPS) is 11.5. The van der Waals surface area contributed by atoms with Crippen LogP contribution >= 0.6 is 0 Å². The van der Waals surface area contributed by atoms with Gasteiger partial charge < -0.3 is 14.9 Å². The van der Waals surface area contributed by atoms with E-state index in [0.29, 0.717) is 5.75 Å². The van der Waals surface area contributed by atoms with Gasteiger partial charge in [0.1, 0.15) is 5.60 Å².